The normalized spacial score (nSPS) is 4.83. The summed E-state index contributed by atoms with van der Waals surface area (Å²) in [6.07, 6.45) is 0. The highest BCUT2D eigenvalue weighted by Crippen LogP contribution is 1.81. The van der Waals surface area contributed by atoms with Crippen molar-refractivity contribution in [2.45, 2.75) is 22.3 Å². The lowest BCUT2D eigenvalue weighted by atomic mass is 10.8. The van der Waals surface area contributed by atoms with E-state index in [9.17, 15) is 0 Å². The van der Waals surface area contributed by atoms with Gasteiger partial charge in [-0.2, -0.15) is 8.46 Å². The molecule has 0 aliphatic carbocycles. The van der Waals surface area contributed by atoms with Crippen LogP contribution in [0.25, 0.3) is 0 Å². The second-order valence-corrected chi connectivity index (χ2v) is 0.866. The van der Waals surface area contributed by atoms with Gasteiger partial charge in [-0.3, -0.25) is 0 Å². The highest BCUT2D eigenvalue weighted by molar-refractivity contribution is 7.65. The second-order valence-electron chi connectivity index (χ2n) is 0.289. The maximum absolute atomic E-state index is 4.88. The van der Waals surface area contributed by atoms with E-state index in [-0.39, 0.29) is 22.3 Å². The van der Waals surface area contributed by atoms with Gasteiger partial charge in [-0.1, -0.05) is 28.9 Å². The molecule has 0 N–H and O–H groups in total. The molecule has 0 heterocycles. The monoisotopic (exact) mass is 106 g/mol. The van der Waals surface area contributed by atoms with Gasteiger partial charge in [-0.25, -0.2) is 0 Å². The molecule has 0 saturated heterocycles. The van der Waals surface area contributed by atoms with Crippen molar-refractivity contribution in [3.8, 4) is 0 Å². The van der Waals surface area contributed by atoms with Gasteiger partial charge in [0.25, 0.3) is 0 Å². The Hall–Kier alpha value is 0.495. The van der Waals surface area contributed by atoms with Gasteiger partial charge in [-0.15, -0.1) is 0 Å². The van der Waals surface area contributed by atoms with Crippen molar-refractivity contribution in [3.05, 3.63) is 0 Å². The van der Waals surface area contributed by atoms with Crippen LogP contribution in [0.1, 0.15) is 22.3 Å². The topological polar surface area (TPSA) is 0 Å². The average Bonchev–Trinajstić information content (AvgIpc) is 0.918. The van der Waals surface area contributed by atoms with Crippen LogP contribution < -0.4 is 0 Å². The van der Waals surface area contributed by atoms with Crippen LogP contribution >= 0.6 is 8.46 Å². The van der Waals surface area contributed by atoms with Crippen LogP contribution in [0.3, 0.4) is 0 Å². The highest BCUT2D eigenvalue weighted by atomic mass is 31.1. The summed E-state index contributed by atoms with van der Waals surface area (Å²) < 4.78 is 0. The summed E-state index contributed by atoms with van der Waals surface area (Å²) in [5.74, 6) is 0. The van der Waals surface area contributed by atoms with E-state index >= 15 is 0 Å². The molecule has 0 amide bonds. The minimum Gasteiger partial charge on any atom is -0.175 e. The van der Waals surface area contributed by atoms with E-state index in [0.29, 0.717) is 8.46 Å². The lowest BCUT2D eigenvalue weighted by molar-refractivity contribution is 2.50. The zero-order chi connectivity index (χ0) is 2.71. The van der Waals surface area contributed by atoms with Crippen molar-refractivity contribution >= 4 is 16.0 Å². The molecule has 2 radical (unpaired) electrons. The summed E-state index contributed by atoms with van der Waals surface area (Å²) in [4.78, 5) is 0. The molecule has 0 rings (SSSR count). The first-order valence-corrected chi connectivity index (χ1v) is 2.37. The van der Waals surface area contributed by atoms with Crippen molar-refractivity contribution in [3.63, 3.8) is 0 Å². The Morgan fingerprint density at radius 1 is 1.17 bits per heavy atom. The van der Waals surface area contributed by atoms with Crippen LogP contribution in [-0.4, -0.2) is 14.2 Å². The molecule has 0 aromatic heterocycles. The molecule has 0 aromatic carbocycles. The molecule has 2 heteroatoms. The molecule has 0 fully saturated rings. The molecular formula is C4H16BP. The van der Waals surface area contributed by atoms with E-state index in [2.05, 4.69) is 0 Å². The maximum Gasteiger partial charge on any atom is 0.104 e. The van der Waals surface area contributed by atoms with Gasteiger partial charge in [-0.05, 0) is 0 Å². The molecule has 0 aliphatic heterocycles. The number of hydrogen-bond donors (Lipinski definition) is 0. The van der Waals surface area contributed by atoms with E-state index in [0.717, 1.165) is 0 Å². The third-order valence-electron chi connectivity index (χ3n) is 0. The predicted octanol–water partition coefficient (Wildman–Crippen LogP) is 2.29. The first kappa shape index (κ1) is 31.5. The molecule has 0 saturated carbocycles. The van der Waals surface area contributed by atoms with Crippen LogP contribution in [0.15, 0.2) is 0 Å². The summed E-state index contributed by atoms with van der Waals surface area (Å²) >= 11 is 0. The minimum atomic E-state index is 0. The zero-order valence-corrected chi connectivity index (χ0v) is 3.08. The van der Waals surface area contributed by atoms with Crippen LogP contribution in [0, 0.1) is 0 Å². The number of hydrogen-bond acceptors (Lipinski definition) is 0. The predicted molar refractivity (Wildman–Crippen MR) is 40.2 cm³/mol. The summed E-state index contributed by atoms with van der Waals surface area (Å²) in [5, 5.41) is 0. The van der Waals surface area contributed by atoms with Gasteiger partial charge in [0.15, 0.2) is 0 Å². The maximum atomic E-state index is 4.88. The molecule has 1 atom stereocenters. The average molecular weight is 106 g/mol. The minimum absolute atomic E-state index is 0. The SMILES string of the molecule is C.C.C.[B]PC. The van der Waals surface area contributed by atoms with Crippen molar-refractivity contribution in [1.82, 2.24) is 0 Å². The molecule has 40 valence electrons. The molecule has 0 nitrogen and oxygen atoms in total. The fraction of sp³-hybridized carbons (Fsp3) is 1.00. The fourth-order valence-corrected chi connectivity index (χ4v) is 0. The van der Waals surface area contributed by atoms with E-state index in [1.807, 2.05) is 6.66 Å². The second kappa shape index (κ2) is 49.7. The van der Waals surface area contributed by atoms with Gasteiger partial charge in [0.2, 0.25) is 0 Å². The summed E-state index contributed by atoms with van der Waals surface area (Å²) in [6.45, 7) is 1.93. The summed E-state index contributed by atoms with van der Waals surface area (Å²) in [5.41, 5.74) is 0. The van der Waals surface area contributed by atoms with Gasteiger partial charge >= 0.3 is 0 Å². The number of rotatable bonds is 0. The van der Waals surface area contributed by atoms with Crippen molar-refractivity contribution in [1.29, 1.82) is 0 Å². The third kappa shape index (κ3) is 224. The zero-order valence-electron chi connectivity index (χ0n) is 2.08. The van der Waals surface area contributed by atoms with E-state index in [4.69, 9.17) is 7.57 Å². The van der Waals surface area contributed by atoms with Gasteiger partial charge in [0.1, 0.15) is 7.57 Å². The Morgan fingerprint density at radius 3 is 1.17 bits per heavy atom. The Morgan fingerprint density at radius 2 is 1.17 bits per heavy atom. The smallest absolute Gasteiger partial charge is 0.104 e. The molecule has 1 unspecified atom stereocenters. The first-order chi connectivity index (χ1) is 1.41. The molecular weight excluding hydrogens is 89.8 g/mol. The van der Waals surface area contributed by atoms with Crippen LogP contribution in [0.4, 0.5) is 0 Å². The molecule has 0 aliphatic rings. The summed E-state index contributed by atoms with van der Waals surface area (Å²) in [6, 6.07) is 0. The van der Waals surface area contributed by atoms with Gasteiger partial charge in [0.05, 0.1) is 0 Å². The molecule has 0 bridgehead atoms. The largest absolute Gasteiger partial charge is 0.175 e. The van der Waals surface area contributed by atoms with Crippen molar-refractivity contribution in [2.24, 2.45) is 0 Å². The van der Waals surface area contributed by atoms with Crippen LogP contribution in [-0.2, 0) is 0 Å². The van der Waals surface area contributed by atoms with E-state index < -0.39 is 0 Å². The van der Waals surface area contributed by atoms with E-state index in [1.165, 1.54) is 0 Å². The fourth-order valence-electron chi connectivity index (χ4n) is 0. The Labute approximate surface area is 45.9 Å². The highest BCUT2D eigenvalue weighted by Gasteiger charge is 1.35. The standard InChI is InChI=1S/CH4BP.3CH4/c1-3-2;;;/h3H,1H3;3*1H4. The third-order valence-corrected chi connectivity index (χ3v) is 0. The lowest BCUT2D eigenvalue weighted by Gasteiger charge is -1.49. The molecule has 6 heavy (non-hydrogen) atoms. The van der Waals surface area contributed by atoms with Crippen molar-refractivity contribution < 1.29 is 0 Å². The first-order valence-electron chi connectivity index (χ1n) is 0.789. The van der Waals surface area contributed by atoms with Gasteiger partial charge < -0.3 is 0 Å². The van der Waals surface area contributed by atoms with Gasteiger partial charge in [0, 0.05) is 0 Å². The van der Waals surface area contributed by atoms with Crippen LogP contribution in [0.5, 0.6) is 0 Å². The Kier molecular flexibility index (Phi) is 261. The molecule has 0 spiro atoms. The van der Waals surface area contributed by atoms with Crippen LogP contribution in [0.2, 0.25) is 0 Å². The molecule has 0 aromatic rings. The Bertz CT molecular complexity index is 7.51. The summed E-state index contributed by atoms with van der Waals surface area (Å²) in [7, 11) is 5.46. The lowest BCUT2D eigenvalue weighted by Crippen LogP contribution is -1.25. The van der Waals surface area contributed by atoms with E-state index in [1.54, 1.807) is 0 Å². The van der Waals surface area contributed by atoms with Crippen molar-refractivity contribution in [2.75, 3.05) is 6.66 Å². The Balaban J connectivity index is -0.00000000667. The quantitative estimate of drug-likeness (QED) is 0.328.